The number of anilines is 2. The molecule has 1 aromatic heterocycles. The van der Waals surface area contributed by atoms with Crippen molar-refractivity contribution in [3.05, 3.63) is 132 Å². The summed E-state index contributed by atoms with van der Waals surface area (Å²) in [5, 5.41) is 7.99. The third-order valence-electron chi connectivity index (χ3n) is 9.00. The molecule has 44 heavy (non-hydrogen) atoms. The molecule has 1 saturated carbocycles. The minimum Gasteiger partial charge on any atom is -0.362 e. The highest BCUT2D eigenvalue weighted by molar-refractivity contribution is 5.90. The van der Waals surface area contributed by atoms with E-state index in [1.165, 1.54) is 0 Å². The highest BCUT2D eigenvalue weighted by Gasteiger charge is 2.38. The van der Waals surface area contributed by atoms with Crippen molar-refractivity contribution in [2.24, 2.45) is 5.92 Å². The maximum absolute atomic E-state index is 13.8. The third kappa shape index (κ3) is 6.30. The topological polar surface area (TPSA) is 70.2 Å². The van der Waals surface area contributed by atoms with Gasteiger partial charge < -0.3 is 15.5 Å². The van der Waals surface area contributed by atoms with Crippen LogP contribution >= 0.6 is 0 Å². The molecule has 224 valence electrons. The van der Waals surface area contributed by atoms with Crippen LogP contribution in [0.25, 0.3) is 10.9 Å². The number of aromatic nitrogens is 2. The van der Waals surface area contributed by atoms with Gasteiger partial charge in [-0.05, 0) is 60.4 Å². The molecule has 4 aromatic carbocycles. The molecule has 2 N–H and O–H groups in total. The van der Waals surface area contributed by atoms with Gasteiger partial charge in [0.05, 0.1) is 10.9 Å². The normalized spacial score (nSPS) is 16.8. The Labute approximate surface area is 260 Å². The van der Waals surface area contributed by atoms with Gasteiger partial charge in [-0.2, -0.15) is 4.98 Å². The lowest BCUT2D eigenvalue weighted by molar-refractivity contribution is -0.122. The molecule has 0 saturated heterocycles. The van der Waals surface area contributed by atoms with Crippen molar-refractivity contribution in [2.45, 2.75) is 43.6 Å². The number of amides is 1. The lowest BCUT2D eigenvalue weighted by Gasteiger charge is -2.36. The Morgan fingerprint density at radius 2 is 1.25 bits per heavy atom. The zero-order chi connectivity index (χ0) is 30.4. The summed E-state index contributed by atoms with van der Waals surface area (Å²) in [6.07, 6.45) is 4.49. The van der Waals surface area contributed by atoms with Crippen LogP contribution in [0.4, 0.5) is 11.8 Å². The molecular formula is C38H41N5O. The molecule has 1 heterocycles. The maximum atomic E-state index is 13.8. The maximum Gasteiger partial charge on any atom is 0.225 e. The summed E-state index contributed by atoms with van der Waals surface area (Å²) in [5.41, 5.74) is 3.72. The molecule has 6 nitrogen and oxygen atoms in total. The van der Waals surface area contributed by atoms with Crippen molar-refractivity contribution in [3.8, 4) is 0 Å². The van der Waals surface area contributed by atoms with Gasteiger partial charge in [0.2, 0.25) is 11.9 Å². The monoisotopic (exact) mass is 583 g/mol. The number of benzene rings is 4. The van der Waals surface area contributed by atoms with E-state index >= 15 is 0 Å². The van der Waals surface area contributed by atoms with Gasteiger partial charge in [0.15, 0.2) is 0 Å². The minimum absolute atomic E-state index is 0.0718. The molecular weight excluding hydrogens is 542 g/mol. The van der Waals surface area contributed by atoms with Crippen LogP contribution < -0.4 is 15.5 Å². The molecule has 0 atom stereocenters. The first-order valence-electron chi connectivity index (χ1n) is 15.7. The SMILES string of the molecule is CN(C)c1nc(NC2CCC(CNC(=O)CC(c3ccccc3)(c3ccccc3)c3ccccc3)CC2)nc2ccccc12. The van der Waals surface area contributed by atoms with Gasteiger partial charge >= 0.3 is 0 Å². The van der Waals surface area contributed by atoms with Crippen molar-refractivity contribution in [1.82, 2.24) is 15.3 Å². The van der Waals surface area contributed by atoms with E-state index in [0.717, 1.165) is 59.1 Å². The largest absolute Gasteiger partial charge is 0.362 e. The van der Waals surface area contributed by atoms with E-state index in [9.17, 15) is 4.79 Å². The third-order valence-corrected chi connectivity index (χ3v) is 9.00. The number of carbonyl (C=O) groups excluding carboxylic acids is 1. The number of hydrogen-bond acceptors (Lipinski definition) is 5. The molecule has 0 unspecified atom stereocenters. The Kier molecular flexibility index (Phi) is 8.87. The highest BCUT2D eigenvalue weighted by atomic mass is 16.1. The fraction of sp³-hybridized carbons (Fsp3) is 0.289. The molecule has 1 fully saturated rings. The van der Waals surface area contributed by atoms with E-state index in [0.29, 0.717) is 30.9 Å². The molecule has 0 spiro atoms. The van der Waals surface area contributed by atoms with Crippen LogP contribution in [0.3, 0.4) is 0 Å². The first-order valence-corrected chi connectivity index (χ1v) is 15.7. The van der Waals surface area contributed by atoms with Crippen molar-refractivity contribution < 1.29 is 4.79 Å². The molecule has 1 aliphatic rings. The average molecular weight is 584 g/mol. The number of nitrogens with zero attached hydrogens (tertiary/aromatic N) is 3. The Balaban J connectivity index is 1.12. The fourth-order valence-corrected chi connectivity index (χ4v) is 6.69. The van der Waals surface area contributed by atoms with Crippen LogP contribution in [0.2, 0.25) is 0 Å². The van der Waals surface area contributed by atoms with E-state index in [4.69, 9.17) is 9.97 Å². The van der Waals surface area contributed by atoms with E-state index in [1.807, 2.05) is 55.4 Å². The van der Waals surface area contributed by atoms with Crippen molar-refractivity contribution in [1.29, 1.82) is 0 Å². The van der Waals surface area contributed by atoms with E-state index in [-0.39, 0.29) is 5.91 Å². The molecule has 1 aliphatic carbocycles. The first kappa shape index (κ1) is 29.4. The highest BCUT2D eigenvalue weighted by Crippen LogP contribution is 2.42. The van der Waals surface area contributed by atoms with Crippen LogP contribution in [0.1, 0.15) is 48.8 Å². The fourth-order valence-electron chi connectivity index (χ4n) is 6.69. The van der Waals surface area contributed by atoms with Gasteiger partial charge in [-0.15, -0.1) is 0 Å². The number of hydrogen-bond donors (Lipinski definition) is 2. The lowest BCUT2D eigenvalue weighted by Crippen LogP contribution is -2.39. The van der Waals surface area contributed by atoms with Crippen LogP contribution in [0.5, 0.6) is 0 Å². The molecule has 6 heteroatoms. The van der Waals surface area contributed by atoms with E-state index in [1.54, 1.807) is 0 Å². The van der Waals surface area contributed by atoms with Crippen LogP contribution in [0, 0.1) is 5.92 Å². The van der Waals surface area contributed by atoms with Crippen LogP contribution in [0.15, 0.2) is 115 Å². The number of fused-ring (bicyclic) bond motifs is 1. The van der Waals surface area contributed by atoms with Gasteiger partial charge in [0, 0.05) is 38.5 Å². The van der Waals surface area contributed by atoms with Gasteiger partial charge in [0.25, 0.3) is 0 Å². The minimum atomic E-state index is -0.583. The van der Waals surface area contributed by atoms with E-state index in [2.05, 4.69) is 89.5 Å². The van der Waals surface area contributed by atoms with Crippen molar-refractivity contribution >= 4 is 28.6 Å². The molecule has 5 aromatic rings. The average Bonchev–Trinajstić information content (AvgIpc) is 3.07. The lowest BCUT2D eigenvalue weighted by atomic mass is 9.67. The zero-order valence-electron chi connectivity index (χ0n) is 25.6. The second kappa shape index (κ2) is 13.3. The molecule has 1 amide bonds. The van der Waals surface area contributed by atoms with Gasteiger partial charge in [0.1, 0.15) is 5.82 Å². The summed E-state index contributed by atoms with van der Waals surface area (Å²) in [7, 11) is 4.03. The predicted octanol–water partition coefficient (Wildman–Crippen LogP) is 7.21. The summed E-state index contributed by atoms with van der Waals surface area (Å²) in [5.74, 6) is 2.13. The van der Waals surface area contributed by atoms with Crippen molar-refractivity contribution in [2.75, 3.05) is 30.9 Å². The summed E-state index contributed by atoms with van der Waals surface area (Å²) in [6, 6.07) is 39.8. The summed E-state index contributed by atoms with van der Waals surface area (Å²) in [4.78, 5) is 25.4. The first-order chi connectivity index (χ1) is 21.5. The van der Waals surface area contributed by atoms with Crippen LogP contribution in [-0.4, -0.2) is 42.6 Å². The summed E-state index contributed by atoms with van der Waals surface area (Å²) in [6.45, 7) is 0.692. The second-order valence-electron chi connectivity index (χ2n) is 12.1. The zero-order valence-corrected chi connectivity index (χ0v) is 25.6. The number of carbonyl (C=O) groups is 1. The number of rotatable bonds is 10. The Bertz CT molecular complexity index is 1570. The van der Waals surface area contributed by atoms with Crippen molar-refractivity contribution in [3.63, 3.8) is 0 Å². The van der Waals surface area contributed by atoms with E-state index < -0.39 is 5.41 Å². The van der Waals surface area contributed by atoms with Gasteiger partial charge in [-0.1, -0.05) is 103 Å². The smallest absolute Gasteiger partial charge is 0.225 e. The molecule has 6 rings (SSSR count). The molecule has 0 aliphatic heterocycles. The second-order valence-corrected chi connectivity index (χ2v) is 12.1. The Hall–Kier alpha value is -4.71. The standard InChI is InChI=1S/C38H41N5O/c1-43(2)36-33-20-12-13-21-34(33)41-37(42-36)40-32-24-22-28(23-25-32)27-39-35(44)26-38(29-14-6-3-7-15-29,30-16-8-4-9-17-30)31-18-10-5-11-19-31/h3-21,28,32H,22-27H2,1-2H3,(H,39,44)(H,40,41,42). The quantitative estimate of drug-likeness (QED) is 0.170. The summed E-state index contributed by atoms with van der Waals surface area (Å²) >= 11 is 0. The van der Waals surface area contributed by atoms with Gasteiger partial charge in [-0.3, -0.25) is 4.79 Å². The van der Waals surface area contributed by atoms with Gasteiger partial charge in [-0.25, -0.2) is 4.98 Å². The number of para-hydroxylation sites is 1. The Morgan fingerprint density at radius 3 is 1.80 bits per heavy atom. The molecule has 0 bridgehead atoms. The predicted molar refractivity (Wildman–Crippen MR) is 180 cm³/mol. The molecule has 0 radical (unpaired) electrons. The number of nitrogens with one attached hydrogen (secondary N) is 2. The summed E-state index contributed by atoms with van der Waals surface area (Å²) < 4.78 is 0. The Morgan fingerprint density at radius 1 is 0.727 bits per heavy atom. The van der Waals surface area contributed by atoms with Crippen LogP contribution in [-0.2, 0) is 10.2 Å².